The molecular formula is C8H9N3. The van der Waals surface area contributed by atoms with Crippen LogP contribution in [0.5, 0.6) is 0 Å². The third-order valence-electron chi connectivity index (χ3n) is 1.92. The van der Waals surface area contributed by atoms with E-state index in [2.05, 4.69) is 17.1 Å². The highest BCUT2D eigenvalue weighted by Gasteiger charge is 2.29. The standard InChI is InChI=1S/C8H9N3/c1-2-8-7(4-10)6(3-9)5-11-8/h6-7H,2,5H2,1H3/t6-,7+/m0/s1. The molecule has 0 bridgehead atoms. The molecule has 0 saturated carbocycles. The molecular weight excluding hydrogens is 138 g/mol. The Labute approximate surface area is 66.0 Å². The van der Waals surface area contributed by atoms with E-state index >= 15 is 0 Å². The van der Waals surface area contributed by atoms with Gasteiger partial charge in [-0.2, -0.15) is 10.5 Å². The van der Waals surface area contributed by atoms with Crippen LogP contribution in [-0.4, -0.2) is 12.3 Å². The Balaban J connectivity index is 2.76. The van der Waals surface area contributed by atoms with E-state index in [9.17, 15) is 0 Å². The first-order valence-electron chi connectivity index (χ1n) is 3.66. The molecule has 3 nitrogen and oxygen atoms in total. The van der Waals surface area contributed by atoms with Crippen molar-refractivity contribution in [3.8, 4) is 12.1 Å². The Bertz CT molecular complexity index is 253. The molecule has 0 aromatic heterocycles. The van der Waals surface area contributed by atoms with Crippen LogP contribution in [0.15, 0.2) is 4.99 Å². The highest BCUT2D eigenvalue weighted by Crippen LogP contribution is 2.21. The highest BCUT2D eigenvalue weighted by molar-refractivity contribution is 5.90. The van der Waals surface area contributed by atoms with E-state index in [1.807, 2.05) is 6.92 Å². The van der Waals surface area contributed by atoms with Gasteiger partial charge in [0.25, 0.3) is 0 Å². The van der Waals surface area contributed by atoms with Crippen LogP contribution in [0, 0.1) is 34.5 Å². The molecule has 0 aliphatic carbocycles. The Morgan fingerprint density at radius 3 is 2.73 bits per heavy atom. The van der Waals surface area contributed by atoms with Crippen molar-refractivity contribution < 1.29 is 0 Å². The van der Waals surface area contributed by atoms with Gasteiger partial charge in [0.1, 0.15) is 5.92 Å². The molecule has 11 heavy (non-hydrogen) atoms. The van der Waals surface area contributed by atoms with E-state index in [4.69, 9.17) is 10.5 Å². The van der Waals surface area contributed by atoms with Crippen LogP contribution >= 0.6 is 0 Å². The van der Waals surface area contributed by atoms with E-state index in [0.717, 1.165) is 12.1 Å². The fourth-order valence-corrected chi connectivity index (χ4v) is 1.26. The summed E-state index contributed by atoms with van der Waals surface area (Å²) in [6.07, 6.45) is 0.788. The fourth-order valence-electron chi connectivity index (χ4n) is 1.26. The monoisotopic (exact) mass is 147 g/mol. The van der Waals surface area contributed by atoms with E-state index in [-0.39, 0.29) is 11.8 Å². The predicted molar refractivity (Wildman–Crippen MR) is 40.8 cm³/mol. The molecule has 0 saturated heterocycles. The Hall–Kier alpha value is -1.35. The minimum atomic E-state index is -0.245. The van der Waals surface area contributed by atoms with Gasteiger partial charge in [-0.1, -0.05) is 6.92 Å². The van der Waals surface area contributed by atoms with Gasteiger partial charge < -0.3 is 0 Å². The molecule has 1 aliphatic rings. The lowest BCUT2D eigenvalue weighted by molar-refractivity contribution is 0.661. The second kappa shape index (κ2) is 3.16. The molecule has 0 N–H and O–H groups in total. The van der Waals surface area contributed by atoms with Crippen molar-refractivity contribution in [1.82, 2.24) is 0 Å². The largest absolute Gasteiger partial charge is 0.291 e. The summed E-state index contributed by atoms with van der Waals surface area (Å²) >= 11 is 0. The fraction of sp³-hybridized carbons (Fsp3) is 0.625. The molecule has 0 aromatic rings. The van der Waals surface area contributed by atoms with E-state index in [1.165, 1.54) is 0 Å². The second-order valence-electron chi connectivity index (χ2n) is 2.53. The number of nitriles is 2. The maximum absolute atomic E-state index is 8.69. The van der Waals surface area contributed by atoms with Gasteiger partial charge >= 0.3 is 0 Å². The van der Waals surface area contributed by atoms with Crippen LogP contribution in [0.4, 0.5) is 0 Å². The highest BCUT2D eigenvalue weighted by atomic mass is 14.8. The average Bonchev–Trinajstić information content (AvgIpc) is 2.45. The van der Waals surface area contributed by atoms with Crippen molar-refractivity contribution >= 4 is 5.71 Å². The number of hydrogen-bond donors (Lipinski definition) is 0. The van der Waals surface area contributed by atoms with Crippen molar-refractivity contribution in [1.29, 1.82) is 10.5 Å². The molecule has 0 unspecified atom stereocenters. The third kappa shape index (κ3) is 1.23. The number of nitrogens with zero attached hydrogens (tertiary/aromatic N) is 3. The van der Waals surface area contributed by atoms with Gasteiger partial charge in [0.2, 0.25) is 0 Å². The van der Waals surface area contributed by atoms with Gasteiger partial charge in [-0.3, -0.25) is 4.99 Å². The summed E-state index contributed by atoms with van der Waals surface area (Å²) < 4.78 is 0. The van der Waals surface area contributed by atoms with Crippen LogP contribution in [-0.2, 0) is 0 Å². The summed E-state index contributed by atoms with van der Waals surface area (Å²) in [4.78, 5) is 4.13. The van der Waals surface area contributed by atoms with E-state index in [0.29, 0.717) is 6.54 Å². The molecule has 56 valence electrons. The Morgan fingerprint density at radius 1 is 1.55 bits per heavy atom. The van der Waals surface area contributed by atoms with Gasteiger partial charge in [-0.15, -0.1) is 0 Å². The molecule has 0 amide bonds. The molecule has 0 fully saturated rings. The van der Waals surface area contributed by atoms with E-state index in [1.54, 1.807) is 0 Å². The summed E-state index contributed by atoms with van der Waals surface area (Å²) in [5, 5.41) is 17.3. The summed E-state index contributed by atoms with van der Waals surface area (Å²) in [5.74, 6) is -0.444. The molecule has 1 rings (SSSR count). The van der Waals surface area contributed by atoms with Crippen LogP contribution < -0.4 is 0 Å². The summed E-state index contributed by atoms with van der Waals surface area (Å²) in [5.41, 5.74) is 0.888. The van der Waals surface area contributed by atoms with Crippen molar-refractivity contribution in [3.05, 3.63) is 0 Å². The van der Waals surface area contributed by atoms with Gasteiger partial charge in [-0.05, 0) is 6.42 Å². The summed E-state index contributed by atoms with van der Waals surface area (Å²) in [7, 11) is 0. The van der Waals surface area contributed by atoms with Crippen molar-refractivity contribution in [2.24, 2.45) is 16.8 Å². The molecule has 0 radical (unpaired) electrons. The third-order valence-corrected chi connectivity index (χ3v) is 1.92. The zero-order chi connectivity index (χ0) is 8.27. The van der Waals surface area contributed by atoms with Crippen LogP contribution in [0.1, 0.15) is 13.3 Å². The molecule has 3 heteroatoms. The number of aliphatic imine (C=N–C) groups is 1. The lowest BCUT2D eigenvalue weighted by Gasteiger charge is -2.03. The average molecular weight is 147 g/mol. The molecule has 1 heterocycles. The minimum absolute atomic E-state index is 0.199. The molecule has 2 atom stereocenters. The maximum atomic E-state index is 8.69. The van der Waals surface area contributed by atoms with Crippen molar-refractivity contribution in [2.75, 3.05) is 6.54 Å². The topological polar surface area (TPSA) is 59.9 Å². The quantitative estimate of drug-likeness (QED) is 0.558. The van der Waals surface area contributed by atoms with Crippen molar-refractivity contribution in [2.45, 2.75) is 13.3 Å². The minimum Gasteiger partial charge on any atom is -0.291 e. The Morgan fingerprint density at radius 2 is 2.27 bits per heavy atom. The number of rotatable bonds is 1. The lowest BCUT2D eigenvalue weighted by atomic mass is 9.93. The predicted octanol–water partition coefficient (Wildman–Crippen LogP) is 1.13. The lowest BCUT2D eigenvalue weighted by Crippen LogP contribution is -2.14. The van der Waals surface area contributed by atoms with Gasteiger partial charge in [0.15, 0.2) is 0 Å². The van der Waals surface area contributed by atoms with Crippen LogP contribution in [0.2, 0.25) is 0 Å². The van der Waals surface area contributed by atoms with Gasteiger partial charge in [0, 0.05) is 5.71 Å². The smallest absolute Gasteiger partial charge is 0.102 e. The van der Waals surface area contributed by atoms with Crippen LogP contribution in [0.3, 0.4) is 0 Å². The maximum Gasteiger partial charge on any atom is 0.102 e. The first kappa shape index (κ1) is 7.75. The molecule has 0 aromatic carbocycles. The zero-order valence-corrected chi connectivity index (χ0v) is 6.41. The first-order chi connectivity index (χ1) is 5.33. The SMILES string of the molecule is CCC1=NC[C@H](C#N)[C@H]1C#N. The van der Waals surface area contributed by atoms with Crippen molar-refractivity contribution in [3.63, 3.8) is 0 Å². The van der Waals surface area contributed by atoms with Crippen LogP contribution in [0.25, 0.3) is 0 Å². The number of hydrogen-bond acceptors (Lipinski definition) is 3. The zero-order valence-electron chi connectivity index (χ0n) is 6.41. The summed E-state index contributed by atoms with van der Waals surface area (Å²) in [6, 6.07) is 4.20. The molecule has 1 aliphatic heterocycles. The molecule has 0 spiro atoms. The normalized spacial score (nSPS) is 28.8. The summed E-state index contributed by atoms with van der Waals surface area (Å²) in [6.45, 7) is 2.47. The second-order valence-corrected chi connectivity index (χ2v) is 2.53. The Kier molecular flexibility index (Phi) is 2.23. The van der Waals surface area contributed by atoms with Gasteiger partial charge in [0.05, 0.1) is 24.6 Å². The van der Waals surface area contributed by atoms with E-state index < -0.39 is 0 Å². The van der Waals surface area contributed by atoms with Gasteiger partial charge in [-0.25, -0.2) is 0 Å². The first-order valence-corrected chi connectivity index (χ1v) is 3.66.